The lowest BCUT2D eigenvalue weighted by molar-refractivity contribution is -0.114. The number of anilines is 1. The monoisotopic (exact) mass is 346 g/mol. The van der Waals surface area contributed by atoms with Crippen LogP contribution < -0.4 is 10.6 Å². The Bertz CT molecular complexity index is 725. The van der Waals surface area contributed by atoms with Crippen LogP contribution in [0.2, 0.25) is 0 Å². The molecular weight excluding hydrogens is 328 g/mol. The fraction of sp³-hybridized carbons (Fsp3) is 0.250. The largest absolute Gasteiger partial charge is 0.398 e. The van der Waals surface area contributed by atoms with Gasteiger partial charge in [-0.05, 0) is 18.9 Å². The topological polar surface area (TPSA) is 92.7 Å². The molecule has 0 fully saturated rings. The van der Waals surface area contributed by atoms with Gasteiger partial charge in [-0.2, -0.15) is 0 Å². The van der Waals surface area contributed by atoms with E-state index < -0.39 is 0 Å². The first-order valence-electron chi connectivity index (χ1n) is 7.25. The highest BCUT2D eigenvalue weighted by molar-refractivity contribution is 7.14. The first kappa shape index (κ1) is 17.6. The average Bonchev–Trinajstić information content (AvgIpc) is 3.03. The summed E-state index contributed by atoms with van der Waals surface area (Å²) in [6.07, 6.45) is 1.23. The van der Waals surface area contributed by atoms with Gasteiger partial charge in [-0.1, -0.05) is 35.0 Å². The van der Waals surface area contributed by atoms with Crippen LogP contribution in [0.25, 0.3) is 0 Å². The molecule has 0 aliphatic rings. The molecule has 0 saturated heterocycles. The van der Waals surface area contributed by atoms with E-state index in [1.165, 1.54) is 24.0 Å². The lowest BCUT2D eigenvalue weighted by Crippen LogP contribution is -2.33. The third-order valence-corrected chi connectivity index (χ3v) is 3.92. The van der Waals surface area contributed by atoms with E-state index in [1.54, 1.807) is 5.38 Å². The van der Waals surface area contributed by atoms with E-state index in [0.29, 0.717) is 30.2 Å². The van der Waals surface area contributed by atoms with Crippen molar-refractivity contribution in [3.8, 4) is 0 Å². The van der Waals surface area contributed by atoms with E-state index in [-0.39, 0.29) is 11.6 Å². The van der Waals surface area contributed by atoms with Crippen LogP contribution in [-0.4, -0.2) is 36.7 Å². The summed E-state index contributed by atoms with van der Waals surface area (Å²) in [5, 5.41) is 11.0. The Morgan fingerprint density at radius 2 is 2.12 bits per heavy atom. The van der Waals surface area contributed by atoms with Gasteiger partial charge in [-0.15, -0.1) is 11.3 Å². The Kier molecular flexibility index (Phi) is 6.44. The zero-order valence-corrected chi connectivity index (χ0v) is 14.2. The molecule has 2 rings (SSSR count). The highest BCUT2D eigenvalue weighted by Gasteiger charge is 2.18. The number of aryl methyl sites for hydroxylation is 1. The molecule has 2 aromatic rings. The SMILES string of the molecule is CO/N=C(/C(=O)NCCc1ccc(C)cc1)c1csc(NC=O)n1. The third-order valence-electron chi connectivity index (χ3n) is 3.15. The summed E-state index contributed by atoms with van der Waals surface area (Å²) in [4.78, 5) is 31.6. The molecule has 8 heteroatoms. The molecule has 126 valence electrons. The fourth-order valence-electron chi connectivity index (χ4n) is 1.95. The Morgan fingerprint density at radius 3 is 2.79 bits per heavy atom. The predicted octanol–water partition coefficient (Wildman–Crippen LogP) is 1.73. The van der Waals surface area contributed by atoms with E-state index in [1.807, 2.05) is 31.2 Å². The third kappa shape index (κ3) is 4.88. The molecule has 0 atom stereocenters. The highest BCUT2D eigenvalue weighted by Crippen LogP contribution is 2.15. The molecule has 1 aromatic carbocycles. The molecule has 0 radical (unpaired) electrons. The van der Waals surface area contributed by atoms with Gasteiger partial charge in [0.05, 0.1) is 0 Å². The molecule has 2 N–H and O–H groups in total. The molecule has 0 unspecified atom stereocenters. The molecule has 0 spiro atoms. The number of thiazole rings is 1. The van der Waals surface area contributed by atoms with Gasteiger partial charge in [0.15, 0.2) is 10.8 Å². The van der Waals surface area contributed by atoms with Crippen LogP contribution in [0.4, 0.5) is 5.13 Å². The molecule has 7 nitrogen and oxygen atoms in total. The average molecular weight is 346 g/mol. The zero-order chi connectivity index (χ0) is 17.4. The molecule has 0 aliphatic carbocycles. The standard InChI is InChI=1S/C16H18N4O3S/c1-11-3-5-12(6-4-11)7-8-17-15(22)14(20-23-2)13-9-24-16(19-13)18-10-21/h3-6,9-10H,7-8H2,1-2H3,(H,17,22)(H,18,19,21)/b20-14+. The second kappa shape index (κ2) is 8.78. The van der Waals surface area contributed by atoms with E-state index in [4.69, 9.17) is 4.84 Å². The maximum absolute atomic E-state index is 12.3. The normalized spacial score (nSPS) is 11.0. The maximum Gasteiger partial charge on any atom is 0.275 e. The van der Waals surface area contributed by atoms with Gasteiger partial charge < -0.3 is 15.5 Å². The van der Waals surface area contributed by atoms with E-state index in [0.717, 1.165) is 5.56 Å². The summed E-state index contributed by atoms with van der Waals surface area (Å²) < 4.78 is 0. The van der Waals surface area contributed by atoms with Crippen molar-refractivity contribution in [1.29, 1.82) is 0 Å². The van der Waals surface area contributed by atoms with Crippen molar-refractivity contribution >= 4 is 34.5 Å². The Hall–Kier alpha value is -2.74. The number of benzene rings is 1. The number of aromatic nitrogens is 1. The first-order valence-corrected chi connectivity index (χ1v) is 8.13. The first-order chi connectivity index (χ1) is 11.6. The number of carbonyl (C=O) groups excluding carboxylic acids is 2. The van der Waals surface area contributed by atoms with Crippen LogP contribution >= 0.6 is 11.3 Å². The molecule has 0 bridgehead atoms. The number of nitrogens with zero attached hydrogens (tertiary/aromatic N) is 2. The van der Waals surface area contributed by atoms with Crippen LogP contribution in [0.5, 0.6) is 0 Å². The molecule has 0 saturated carbocycles. The number of nitrogens with one attached hydrogen (secondary N) is 2. The number of hydrogen-bond donors (Lipinski definition) is 2. The molecule has 1 heterocycles. The quantitative estimate of drug-likeness (QED) is 0.432. The molecule has 1 aromatic heterocycles. The summed E-state index contributed by atoms with van der Waals surface area (Å²) in [6, 6.07) is 8.13. The van der Waals surface area contributed by atoms with Crippen LogP contribution in [0.1, 0.15) is 16.8 Å². The predicted molar refractivity (Wildman–Crippen MR) is 93.2 cm³/mol. The van der Waals surface area contributed by atoms with Gasteiger partial charge in [0.1, 0.15) is 12.8 Å². The lowest BCUT2D eigenvalue weighted by Gasteiger charge is -2.06. The molecule has 24 heavy (non-hydrogen) atoms. The van der Waals surface area contributed by atoms with Crippen LogP contribution in [0.3, 0.4) is 0 Å². The van der Waals surface area contributed by atoms with Crippen LogP contribution in [0, 0.1) is 6.92 Å². The van der Waals surface area contributed by atoms with Crippen molar-refractivity contribution < 1.29 is 14.4 Å². The number of rotatable bonds is 8. The summed E-state index contributed by atoms with van der Waals surface area (Å²) in [5.74, 6) is -0.382. The van der Waals surface area contributed by atoms with E-state index >= 15 is 0 Å². The van der Waals surface area contributed by atoms with Crippen molar-refractivity contribution in [2.24, 2.45) is 5.16 Å². The van der Waals surface area contributed by atoms with Gasteiger partial charge in [0.25, 0.3) is 5.91 Å². The Balaban J connectivity index is 1.97. The summed E-state index contributed by atoms with van der Waals surface area (Å²) in [5.41, 5.74) is 2.74. The Labute approximate surface area is 143 Å². The fourth-order valence-corrected chi connectivity index (χ4v) is 2.61. The minimum Gasteiger partial charge on any atom is -0.398 e. The summed E-state index contributed by atoms with van der Waals surface area (Å²) in [6.45, 7) is 2.49. The van der Waals surface area contributed by atoms with Crippen molar-refractivity contribution in [1.82, 2.24) is 10.3 Å². The number of oxime groups is 1. The number of amides is 2. The van der Waals surface area contributed by atoms with Crippen molar-refractivity contribution in [3.05, 3.63) is 46.5 Å². The lowest BCUT2D eigenvalue weighted by atomic mass is 10.1. The van der Waals surface area contributed by atoms with E-state index in [2.05, 4.69) is 20.8 Å². The maximum atomic E-state index is 12.3. The summed E-state index contributed by atoms with van der Waals surface area (Å²) in [7, 11) is 1.36. The van der Waals surface area contributed by atoms with Gasteiger partial charge in [0.2, 0.25) is 6.41 Å². The molecule has 2 amide bonds. The summed E-state index contributed by atoms with van der Waals surface area (Å²) >= 11 is 1.20. The molecular formula is C16H18N4O3S. The smallest absolute Gasteiger partial charge is 0.275 e. The number of carbonyl (C=O) groups is 2. The van der Waals surface area contributed by atoms with E-state index in [9.17, 15) is 9.59 Å². The van der Waals surface area contributed by atoms with Crippen molar-refractivity contribution in [2.75, 3.05) is 19.0 Å². The number of hydrogen-bond acceptors (Lipinski definition) is 6. The molecule has 0 aliphatic heterocycles. The zero-order valence-electron chi connectivity index (χ0n) is 13.4. The van der Waals surface area contributed by atoms with Crippen LogP contribution in [-0.2, 0) is 20.8 Å². The minimum atomic E-state index is -0.382. The van der Waals surface area contributed by atoms with Gasteiger partial charge in [-0.25, -0.2) is 4.98 Å². The van der Waals surface area contributed by atoms with Crippen LogP contribution in [0.15, 0.2) is 34.8 Å². The van der Waals surface area contributed by atoms with Gasteiger partial charge >= 0.3 is 0 Å². The second-order valence-corrected chi connectivity index (χ2v) is 5.77. The second-order valence-electron chi connectivity index (χ2n) is 4.91. The van der Waals surface area contributed by atoms with Crippen molar-refractivity contribution in [2.45, 2.75) is 13.3 Å². The Morgan fingerprint density at radius 1 is 1.38 bits per heavy atom. The minimum absolute atomic E-state index is 0.0663. The van der Waals surface area contributed by atoms with Crippen molar-refractivity contribution in [3.63, 3.8) is 0 Å². The highest BCUT2D eigenvalue weighted by atomic mass is 32.1. The van der Waals surface area contributed by atoms with Gasteiger partial charge in [-0.3, -0.25) is 9.59 Å². The van der Waals surface area contributed by atoms with Gasteiger partial charge in [0, 0.05) is 11.9 Å².